The van der Waals surface area contributed by atoms with Crippen molar-refractivity contribution in [3.8, 4) is 0 Å². The van der Waals surface area contributed by atoms with E-state index in [2.05, 4.69) is 10.3 Å². The van der Waals surface area contributed by atoms with Crippen LogP contribution in [0.25, 0.3) is 0 Å². The molecule has 5 nitrogen and oxygen atoms in total. The van der Waals surface area contributed by atoms with Crippen molar-refractivity contribution in [1.29, 1.82) is 0 Å². The van der Waals surface area contributed by atoms with E-state index >= 15 is 0 Å². The van der Waals surface area contributed by atoms with Crippen LogP contribution in [-0.4, -0.2) is 35.9 Å². The molecule has 1 aromatic rings. The van der Waals surface area contributed by atoms with E-state index in [4.69, 9.17) is 18.0 Å². The SMILES string of the molecule is Cc1cc(C)c(C(N)=S)c(NCC2CCCS2(=O)=O)n1. The minimum Gasteiger partial charge on any atom is -0.389 e. The first-order chi connectivity index (χ1) is 9.31. The quantitative estimate of drug-likeness (QED) is 0.816. The van der Waals surface area contributed by atoms with Gasteiger partial charge in [-0.05, 0) is 38.3 Å². The third kappa shape index (κ3) is 3.09. The van der Waals surface area contributed by atoms with Crippen LogP contribution in [0.2, 0.25) is 0 Å². The Balaban J connectivity index is 2.23. The molecule has 1 atom stereocenters. The predicted octanol–water partition coefficient (Wildman–Crippen LogP) is 1.32. The topological polar surface area (TPSA) is 85.1 Å². The van der Waals surface area contributed by atoms with Crippen molar-refractivity contribution in [3.63, 3.8) is 0 Å². The van der Waals surface area contributed by atoms with Crippen LogP contribution in [0.5, 0.6) is 0 Å². The van der Waals surface area contributed by atoms with E-state index in [1.165, 1.54) is 0 Å². The Morgan fingerprint density at radius 3 is 2.80 bits per heavy atom. The molecule has 0 aromatic carbocycles. The first-order valence-corrected chi connectivity index (χ1v) is 8.67. The number of anilines is 1. The second-order valence-corrected chi connectivity index (χ2v) is 8.02. The monoisotopic (exact) mass is 313 g/mol. The third-order valence-corrected chi connectivity index (χ3v) is 6.03. The first-order valence-electron chi connectivity index (χ1n) is 6.55. The van der Waals surface area contributed by atoms with Crippen molar-refractivity contribution in [2.75, 3.05) is 17.6 Å². The number of aryl methyl sites for hydroxylation is 2. The number of nitrogens with one attached hydrogen (secondary N) is 1. The molecule has 7 heteroatoms. The van der Waals surface area contributed by atoms with E-state index in [1.54, 1.807) is 0 Å². The van der Waals surface area contributed by atoms with E-state index in [0.717, 1.165) is 17.7 Å². The lowest BCUT2D eigenvalue weighted by molar-refractivity contribution is 0.591. The van der Waals surface area contributed by atoms with Gasteiger partial charge in [0.2, 0.25) is 0 Å². The summed E-state index contributed by atoms with van der Waals surface area (Å²) in [5, 5.41) is 2.77. The molecule has 0 spiro atoms. The molecule has 1 aliphatic rings. The van der Waals surface area contributed by atoms with E-state index in [-0.39, 0.29) is 16.0 Å². The number of nitrogens with zero attached hydrogens (tertiary/aromatic N) is 1. The fourth-order valence-corrected chi connectivity index (χ4v) is 4.60. The van der Waals surface area contributed by atoms with Gasteiger partial charge in [0.05, 0.1) is 16.6 Å². The Kier molecular flexibility index (Phi) is 4.29. The lowest BCUT2D eigenvalue weighted by Crippen LogP contribution is -2.27. The van der Waals surface area contributed by atoms with Crippen molar-refractivity contribution in [1.82, 2.24) is 4.98 Å². The average Bonchev–Trinajstić information content (AvgIpc) is 2.64. The Morgan fingerprint density at radius 2 is 2.25 bits per heavy atom. The molecule has 1 aromatic heterocycles. The van der Waals surface area contributed by atoms with Crippen LogP contribution < -0.4 is 11.1 Å². The van der Waals surface area contributed by atoms with E-state index in [9.17, 15) is 8.42 Å². The summed E-state index contributed by atoms with van der Waals surface area (Å²) in [5.74, 6) is 0.860. The van der Waals surface area contributed by atoms with Gasteiger partial charge < -0.3 is 11.1 Å². The van der Waals surface area contributed by atoms with Crippen LogP contribution in [0.15, 0.2) is 6.07 Å². The number of sulfone groups is 1. The summed E-state index contributed by atoms with van der Waals surface area (Å²) in [6.45, 7) is 4.16. The summed E-state index contributed by atoms with van der Waals surface area (Å²) in [6.07, 6.45) is 1.43. The van der Waals surface area contributed by atoms with Gasteiger partial charge in [0.1, 0.15) is 10.8 Å². The fraction of sp³-hybridized carbons (Fsp3) is 0.538. The molecule has 1 saturated heterocycles. The zero-order chi connectivity index (χ0) is 14.9. The van der Waals surface area contributed by atoms with E-state index in [1.807, 2.05) is 19.9 Å². The Bertz CT molecular complexity index is 641. The number of hydrogen-bond donors (Lipinski definition) is 2. The molecular weight excluding hydrogens is 294 g/mol. The molecule has 1 aliphatic heterocycles. The smallest absolute Gasteiger partial charge is 0.154 e. The number of rotatable bonds is 4. The zero-order valence-corrected chi connectivity index (χ0v) is 13.3. The van der Waals surface area contributed by atoms with E-state index in [0.29, 0.717) is 24.3 Å². The summed E-state index contributed by atoms with van der Waals surface area (Å²) < 4.78 is 23.6. The minimum atomic E-state index is -2.96. The number of thiocarbonyl (C=S) groups is 1. The summed E-state index contributed by atoms with van der Waals surface area (Å²) in [4.78, 5) is 4.66. The van der Waals surface area contributed by atoms with Crippen molar-refractivity contribution < 1.29 is 8.42 Å². The second-order valence-electron chi connectivity index (χ2n) is 5.18. The highest BCUT2D eigenvalue weighted by Gasteiger charge is 2.31. The van der Waals surface area contributed by atoms with Crippen molar-refractivity contribution in [2.45, 2.75) is 31.9 Å². The van der Waals surface area contributed by atoms with Gasteiger partial charge in [-0.3, -0.25) is 0 Å². The molecular formula is C13H19N3O2S2. The van der Waals surface area contributed by atoms with Crippen LogP contribution >= 0.6 is 12.2 Å². The maximum Gasteiger partial charge on any atom is 0.154 e. The second kappa shape index (κ2) is 5.65. The molecule has 1 fully saturated rings. The van der Waals surface area contributed by atoms with Gasteiger partial charge in [-0.2, -0.15) is 0 Å². The van der Waals surface area contributed by atoms with Gasteiger partial charge in [0.25, 0.3) is 0 Å². The lowest BCUT2D eigenvalue weighted by atomic mass is 10.1. The highest BCUT2D eigenvalue weighted by Crippen LogP contribution is 2.23. The summed E-state index contributed by atoms with van der Waals surface area (Å²) in [7, 11) is -2.96. The average molecular weight is 313 g/mol. The van der Waals surface area contributed by atoms with Crippen molar-refractivity contribution >= 4 is 32.9 Å². The fourth-order valence-electron chi connectivity index (χ4n) is 2.57. The van der Waals surface area contributed by atoms with Crippen LogP contribution in [0.1, 0.15) is 29.7 Å². The third-order valence-electron chi connectivity index (χ3n) is 3.55. The zero-order valence-electron chi connectivity index (χ0n) is 11.6. The highest BCUT2D eigenvalue weighted by atomic mass is 32.2. The largest absolute Gasteiger partial charge is 0.389 e. The van der Waals surface area contributed by atoms with Gasteiger partial charge in [0, 0.05) is 12.2 Å². The highest BCUT2D eigenvalue weighted by molar-refractivity contribution is 7.92. The van der Waals surface area contributed by atoms with Crippen LogP contribution in [0.4, 0.5) is 5.82 Å². The molecule has 0 radical (unpaired) electrons. The molecule has 20 heavy (non-hydrogen) atoms. The van der Waals surface area contributed by atoms with Gasteiger partial charge in [-0.25, -0.2) is 13.4 Å². The maximum atomic E-state index is 11.8. The van der Waals surface area contributed by atoms with Gasteiger partial charge in [-0.1, -0.05) is 12.2 Å². The lowest BCUT2D eigenvalue weighted by Gasteiger charge is -2.16. The van der Waals surface area contributed by atoms with E-state index < -0.39 is 9.84 Å². The number of pyridine rings is 1. The molecule has 2 rings (SSSR count). The van der Waals surface area contributed by atoms with Gasteiger partial charge in [0.15, 0.2) is 9.84 Å². The molecule has 110 valence electrons. The normalized spacial score (nSPS) is 20.8. The standard InChI is InChI=1S/C13H19N3O2S2/c1-8-6-9(2)16-13(11(8)12(14)19)15-7-10-4-3-5-20(10,17)18/h6,10H,3-5,7H2,1-2H3,(H2,14,19)(H,15,16). The molecule has 0 amide bonds. The van der Waals surface area contributed by atoms with Crippen molar-refractivity contribution in [3.05, 3.63) is 22.9 Å². The number of aromatic nitrogens is 1. The predicted molar refractivity (Wildman–Crippen MR) is 84.9 cm³/mol. The number of nitrogens with two attached hydrogens (primary N) is 1. The first kappa shape index (κ1) is 15.2. The van der Waals surface area contributed by atoms with Gasteiger partial charge >= 0.3 is 0 Å². The van der Waals surface area contributed by atoms with Crippen LogP contribution in [-0.2, 0) is 9.84 Å². The summed E-state index contributed by atoms with van der Waals surface area (Å²) in [5.41, 5.74) is 8.22. The molecule has 0 saturated carbocycles. The maximum absolute atomic E-state index is 11.8. The molecule has 3 N–H and O–H groups in total. The van der Waals surface area contributed by atoms with Crippen LogP contribution in [0, 0.1) is 13.8 Å². The van der Waals surface area contributed by atoms with Gasteiger partial charge in [-0.15, -0.1) is 0 Å². The number of hydrogen-bond acceptors (Lipinski definition) is 5. The molecule has 0 aliphatic carbocycles. The molecule has 2 heterocycles. The Hall–Kier alpha value is -1.21. The Morgan fingerprint density at radius 1 is 1.55 bits per heavy atom. The Labute approximate surface area is 124 Å². The minimum absolute atomic E-state index is 0.270. The summed E-state index contributed by atoms with van der Waals surface area (Å²) >= 11 is 5.05. The molecule has 0 bridgehead atoms. The molecule has 1 unspecified atom stereocenters. The summed E-state index contributed by atoms with van der Waals surface area (Å²) in [6, 6.07) is 1.91. The van der Waals surface area contributed by atoms with Crippen LogP contribution in [0.3, 0.4) is 0 Å². The van der Waals surface area contributed by atoms with Crippen molar-refractivity contribution in [2.24, 2.45) is 5.73 Å².